The van der Waals surface area contributed by atoms with E-state index >= 15 is 0 Å². The monoisotopic (exact) mass is 576 g/mol. The largest absolute Gasteiger partial charge is 0.258 e. The first-order chi connectivity index (χ1) is 20.7. The average Bonchev–Trinajstić information content (AvgIpc) is 3.00. The lowest BCUT2D eigenvalue weighted by Gasteiger charge is -2.24. The van der Waals surface area contributed by atoms with Gasteiger partial charge in [-0.25, -0.2) is 0 Å². The van der Waals surface area contributed by atoms with Crippen molar-refractivity contribution in [3.8, 4) is 44.8 Å². The minimum absolute atomic E-state index is 0.992. The minimum atomic E-state index is -2.32. The predicted octanol–water partition coefficient (Wildman–Crippen LogP) is 7.99. The van der Waals surface area contributed by atoms with Gasteiger partial charge in [0.05, 0.1) is 11.4 Å². The summed E-state index contributed by atoms with van der Waals surface area (Å²) in [6, 6.07) is 38.5. The number of hydrogen-bond donors (Lipinski definition) is 0. The first kappa shape index (κ1) is 28.4. The Morgan fingerprint density at radius 3 is 1.09 bits per heavy atom. The van der Waals surface area contributed by atoms with Gasteiger partial charge in [-0.15, -0.1) is 0 Å². The highest BCUT2D eigenvalue weighted by Gasteiger charge is 2.31. The highest BCUT2D eigenvalue weighted by molar-refractivity contribution is 6.99. The third kappa shape index (κ3) is 5.81. The fourth-order valence-corrected chi connectivity index (χ4v) is 7.87. The Bertz CT molecular complexity index is 1750. The molecule has 0 N–H and O–H groups in total. The van der Waals surface area contributed by atoms with Gasteiger partial charge in [0.1, 0.15) is 0 Å². The van der Waals surface area contributed by atoms with Gasteiger partial charge in [-0.2, -0.15) is 0 Å². The standard InChI is InChI=1S/C38H36N4Si/c1-25-21-31(22-26(2)39-25)33-17-19-35(41-37(33)29-13-9-7-10-14-29)43(5,6)36-20-18-34(32-23-27(3)40-28(4)24-32)38(42-36)30-15-11-8-12-16-30/h7-24H,1-6H3. The summed E-state index contributed by atoms with van der Waals surface area (Å²) in [6.07, 6.45) is 0. The van der Waals surface area contributed by atoms with Crippen molar-refractivity contribution < 1.29 is 0 Å². The van der Waals surface area contributed by atoms with Crippen molar-refractivity contribution in [2.75, 3.05) is 0 Å². The lowest BCUT2D eigenvalue weighted by molar-refractivity contribution is 1.12. The Labute approximate surface area is 255 Å². The zero-order valence-corrected chi connectivity index (χ0v) is 26.7. The molecule has 0 radical (unpaired) electrons. The molecule has 0 amide bonds. The lowest BCUT2D eigenvalue weighted by atomic mass is 9.99. The summed E-state index contributed by atoms with van der Waals surface area (Å²) < 4.78 is 0. The van der Waals surface area contributed by atoms with Gasteiger partial charge in [-0.05, 0) is 75.2 Å². The number of pyridine rings is 4. The van der Waals surface area contributed by atoms with Crippen molar-refractivity contribution in [3.63, 3.8) is 0 Å². The van der Waals surface area contributed by atoms with Gasteiger partial charge in [0.2, 0.25) is 0 Å². The number of aromatic nitrogens is 4. The van der Waals surface area contributed by atoms with Crippen molar-refractivity contribution in [1.82, 2.24) is 19.9 Å². The molecule has 4 aromatic heterocycles. The zero-order valence-electron chi connectivity index (χ0n) is 25.7. The summed E-state index contributed by atoms with van der Waals surface area (Å²) in [5.74, 6) is 0. The van der Waals surface area contributed by atoms with Gasteiger partial charge in [-0.1, -0.05) is 85.9 Å². The maximum absolute atomic E-state index is 5.43. The Hall–Kier alpha value is -4.74. The van der Waals surface area contributed by atoms with E-state index in [1.807, 2.05) is 27.7 Å². The Balaban J connectivity index is 1.52. The SMILES string of the molecule is Cc1cc(-c2ccc([Si](C)(C)c3ccc(-c4cc(C)nc(C)c4)c(-c4ccccc4)n3)nc2-c2ccccc2)cc(C)n1. The first-order valence-electron chi connectivity index (χ1n) is 14.7. The summed E-state index contributed by atoms with van der Waals surface area (Å²) in [4.78, 5) is 20.1. The van der Waals surface area contributed by atoms with Crippen LogP contribution >= 0.6 is 0 Å². The van der Waals surface area contributed by atoms with E-state index in [9.17, 15) is 0 Å². The van der Waals surface area contributed by atoms with Crippen LogP contribution in [0, 0.1) is 27.7 Å². The van der Waals surface area contributed by atoms with E-state index in [1.165, 1.54) is 0 Å². The molecule has 4 nitrogen and oxygen atoms in total. The van der Waals surface area contributed by atoms with Crippen molar-refractivity contribution in [3.05, 3.63) is 132 Å². The molecule has 0 spiro atoms. The third-order valence-electron chi connectivity index (χ3n) is 7.95. The summed E-state index contributed by atoms with van der Waals surface area (Å²) >= 11 is 0. The lowest BCUT2D eigenvalue weighted by Crippen LogP contribution is -2.55. The van der Waals surface area contributed by atoms with Crippen LogP contribution in [0.3, 0.4) is 0 Å². The fraction of sp³-hybridized carbons (Fsp3) is 0.158. The van der Waals surface area contributed by atoms with Crippen molar-refractivity contribution in [2.45, 2.75) is 40.8 Å². The summed E-state index contributed by atoms with van der Waals surface area (Å²) in [5, 5.41) is 2.21. The molecule has 0 saturated heterocycles. The first-order valence-corrected chi connectivity index (χ1v) is 17.7. The summed E-state index contributed by atoms with van der Waals surface area (Å²) in [6.45, 7) is 12.9. The average molecular weight is 577 g/mol. The predicted molar refractivity (Wildman–Crippen MR) is 182 cm³/mol. The molecule has 2 aromatic carbocycles. The van der Waals surface area contributed by atoms with Crippen LogP contribution in [0.1, 0.15) is 22.8 Å². The molecular weight excluding hydrogens is 541 g/mol. The third-order valence-corrected chi connectivity index (χ3v) is 11.1. The number of aryl methyl sites for hydroxylation is 4. The highest BCUT2D eigenvalue weighted by Crippen LogP contribution is 2.33. The van der Waals surface area contributed by atoms with E-state index < -0.39 is 8.07 Å². The van der Waals surface area contributed by atoms with E-state index in [-0.39, 0.29) is 0 Å². The van der Waals surface area contributed by atoms with Crippen LogP contribution < -0.4 is 10.6 Å². The van der Waals surface area contributed by atoms with Gasteiger partial charge >= 0.3 is 0 Å². The van der Waals surface area contributed by atoms with Crippen LogP contribution in [0.25, 0.3) is 44.8 Å². The molecule has 0 fully saturated rings. The van der Waals surface area contributed by atoms with Gasteiger partial charge in [0, 0.05) is 55.7 Å². The molecule has 43 heavy (non-hydrogen) atoms. The molecule has 0 aliphatic rings. The van der Waals surface area contributed by atoms with E-state index in [4.69, 9.17) is 9.97 Å². The highest BCUT2D eigenvalue weighted by atomic mass is 28.3. The number of nitrogens with zero attached hydrogens (tertiary/aromatic N) is 4. The molecule has 0 unspecified atom stereocenters. The quantitative estimate of drug-likeness (QED) is 0.189. The van der Waals surface area contributed by atoms with Gasteiger partial charge in [-0.3, -0.25) is 19.9 Å². The van der Waals surface area contributed by atoms with Crippen LogP contribution in [0.2, 0.25) is 13.1 Å². The smallest absolute Gasteiger partial charge is 0.158 e. The second-order valence-corrected chi connectivity index (χ2v) is 16.1. The number of hydrogen-bond acceptors (Lipinski definition) is 4. The normalized spacial score (nSPS) is 11.5. The molecule has 0 saturated carbocycles. The second-order valence-electron chi connectivity index (χ2n) is 11.8. The Morgan fingerprint density at radius 2 is 0.744 bits per heavy atom. The zero-order chi connectivity index (χ0) is 30.1. The molecule has 0 bridgehead atoms. The molecule has 0 atom stereocenters. The molecule has 6 aromatic rings. The topological polar surface area (TPSA) is 51.6 Å². The molecule has 0 aliphatic heterocycles. The van der Waals surface area contributed by atoms with E-state index in [0.29, 0.717) is 0 Å². The van der Waals surface area contributed by atoms with Gasteiger partial charge in [0.25, 0.3) is 0 Å². The van der Waals surface area contributed by atoms with E-state index in [2.05, 4.69) is 132 Å². The Morgan fingerprint density at radius 1 is 0.395 bits per heavy atom. The van der Waals surface area contributed by atoms with Crippen LogP contribution in [-0.2, 0) is 0 Å². The molecular formula is C38H36N4Si. The summed E-state index contributed by atoms with van der Waals surface area (Å²) in [7, 11) is -2.32. The summed E-state index contributed by atoms with van der Waals surface area (Å²) in [5.41, 5.74) is 12.7. The molecule has 212 valence electrons. The fourth-order valence-electron chi connectivity index (χ4n) is 5.82. The van der Waals surface area contributed by atoms with Crippen molar-refractivity contribution >= 4 is 18.7 Å². The number of benzene rings is 2. The van der Waals surface area contributed by atoms with Gasteiger partial charge in [0.15, 0.2) is 8.07 Å². The molecule has 5 heteroatoms. The van der Waals surface area contributed by atoms with E-state index in [0.717, 1.165) is 78.2 Å². The van der Waals surface area contributed by atoms with Crippen LogP contribution in [0.5, 0.6) is 0 Å². The maximum Gasteiger partial charge on any atom is 0.158 e. The number of rotatable bonds is 6. The molecule has 4 heterocycles. The van der Waals surface area contributed by atoms with E-state index in [1.54, 1.807) is 0 Å². The van der Waals surface area contributed by atoms with Crippen LogP contribution in [-0.4, -0.2) is 28.0 Å². The van der Waals surface area contributed by atoms with Crippen LogP contribution in [0.15, 0.2) is 109 Å². The van der Waals surface area contributed by atoms with Crippen molar-refractivity contribution in [2.24, 2.45) is 0 Å². The van der Waals surface area contributed by atoms with Crippen LogP contribution in [0.4, 0.5) is 0 Å². The minimum Gasteiger partial charge on any atom is -0.258 e. The maximum atomic E-state index is 5.43. The van der Waals surface area contributed by atoms with Crippen molar-refractivity contribution in [1.29, 1.82) is 0 Å². The van der Waals surface area contributed by atoms with Gasteiger partial charge < -0.3 is 0 Å². The Kier molecular flexibility index (Phi) is 7.59. The molecule has 6 rings (SSSR count). The second kappa shape index (κ2) is 11.5. The molecule has 0 aliphatic carbocycles.